The van der Waals surface area contributed by atoms with Crippen LogP contribution in [-0.4, -0.2) is 71.3 Å². The maximum absolute atomic E-state index is 12.3. The number of piperazine rings is 1. The predicted octanol–water partition coefficient (Wildman–Crippen LogP) is 3.06. The van der Waals surface area contributed by atoms with Crippen LogP contribution in [0.2, 0.25) is 5.02 Å². The Labute approximate surface area is 190 Å². The highest BCUT2D eigenvalue weighted by Crippen LogP contribution is 2.18. The Balaban J connectivity index is 0.000000577. The molecular formula is C23H34ClN5O2. The smallest absolute Gasteiger partial charge is 0.264 e. The molecule has 31 heavy (non-hydrogen) atoms. The van der Waals surface area contributed by atoms with Crippen molar-refractivity contribution in [2.45, 2.75) is 26.7 Å². The van der Waals surface area contributed by atoms with Crippen LogP contribution < -0.4 is 5.73 Å². The summed E-state index contributed by atoms with van der Waals surface area (Å²) in [6.07, 6.45) is 10.4. The highest BCUT2D eigenvalue weighted by Gasteiger charge is 2.26. The molecule has 0 saturated carbocycles. The van der Waals surface area contributed by atoms with Crippen molar-refractivity contribution in [3.63, 3.8) is 0 Å². The number of carbonyl (C=O) groups excluding carboxylic acids is 2. The lowest BCUT2D eigenvalue weighted by atomic mass is 10.2. The molecule has 0 aliphatic carbocycles. The lowest BCUT2D eigenvalue weighted by Gasteiger charge is -2.37. The lowest BCUT2D eigenvalue weighted by Crippen LogP contribution is -2.47. The van der Waals surface area contributed by atoms with E-state index in [1.165, 1.54) is 0 Å². The third-order valence-corrected chi connectivity index (χ3v) is 4.94. The zero-order chi connectivity index (χ0) is 23.2. The molecule has 0 aromatic carbocycles. The number of aromatic nitrogens is 1. The second-order valence-corrected chi connectivity index (χ2v) is 7.58. The molecule has 1 fully saturated rings. The minimum Gasteiger partial charge on any atom is -0.364 e. The first-order chi connectivity index (χ1) is 14.8. The van der Waals surface area contributed by atoms with E-state index >= 15 is 0 Å². The van der Waals surface area contributed by atoms with Crippen molar-refractivity contribution in [2.24, 2.45) is 5.73 Å². The average Bonchev–Trinajstić information content (AvgIpc) is 2.75. The van der Waals surface area contributed by atoms with E-state index in [0.717, 1.165) is 36.7 Å². The summed E-state index contributed by atoms with van der Waals surface area (Å²) in [5.41, 5.74) is 6.68. The highest BCUT2D eigenvalue weighted by atomic mass is 35.5. The second kappa shape index (κ2) is 14.4. The number of hydrogen-bond acceptors (Lipinski definition) is 5. The average molecular weight is 448 g/mol. The molecule has 1 aromatic heterocycles. The van der Waals surface area contributed by atoms with E-state index in [9.17, 15) is 9.59 Å². The van der Waals surface area contributed by atoms with Gasteiger partial charge >= 0.3 is 0 Å². The molecule has 1 aliphatic heterocycles. The molecule has 0 unspecified atom stereocenters. The Morgan fingerprint density at radius 1 is 1.29 bits per heavy atom. The van der Waals surface area contributed by atoms with Crippen LogP contribution in [0, 0.1) is 0 Å². The maximum Gasteiger partial charge on any atom is 0.264 e. The van der Waals surface area contributed by atoms with Gasteiger partial charge in [0.15, 0.2) is 0 Å². The molecule has 170 valence electrons. The van der Waals surface area contributed by atoms with Gasteiger partial charge in [-0.3, -0.25) is 14.6 Å². The number of carbonyl (C=O) groups is 2. The Morgan fingerprint density at radius 3 is 2.45 bits per heavy atom. The topological polar surface area (TPSA) is 82.8 Å². The van der Waals surface area contributed by atoms with Crippen LogP contribution >= 0.6 is 11.6 Å². The fourth-order valence-corrected chi connectivity index (χ4v) is 2.88. The summed E-state index contributed by atoms with van der Waals surface area (Å²) in [5, 5.41) is 0.731. The standard InChI is InChI=1S/C18H30N4O2.C5H4ClN/c1-5-7-9-16(18(19)24)22-13-12-21(14-15(22)3)17(23)10-8-11-20(4)6-2;6-5-1-3-7-4-2-5/h8-10H,3,5-7,11-14H2,1-2,4H3,(H2,19,24);1-4H/b10-8+,16-9-;. The number of hydrogen-bond donors (Lipinski definition) is 1. The lowest BCUT2D eigenvalue weighted by molar-refractivity contribution is -0.126. The number of likely N-dealkylation sites (N-methyl/N-ethyl adjacent to an activating group) is 1. The number of primary amides is 1. The van der Waals surface area contributed by atoms with Crippen LogP contribution in [0.1, 0.15) is 26.7 Å². The van der Waals surface area contributed by atoms with Crippen molar-refractivity contribution < 1.29 is 9.59 Å². The third-order valence-electron chi connectivity index (χ3n) is 4.69. The van der Waals surface area contributed by atoms with Gasteiger partial charge in [0.05, 0.1) is 6.54 Å². The fourth-order valence-electron chi connectivity index (χ4n) is 2.77. The van der Waals surface area contributed by atoms with Crippen LogP contribution in [-0.2, 0) is 9.59 Å². The first-order valence-corrected chi connectivity index (χ1v) is 10.8. The summed E-state index contributed by atoms with van der Waals surface area (Å²) in [4.78, 5) is 33.4. The van der Waals surface area contributed by atoms with E-state index in [2.05, 4.69) is 23.4 Å². The Morgan fingerprint density at radius 2 is 1.97 bits per heavy atom. The van der Waals surface area contributed by atoms with E-state index < -0.39 is 5.91 Å². The van der Waals surface area contributed by atoms with Crippen LogP contribution in [0.15, 0.2) is 60.7 Å². The van der Waals surface area contributed by atoms with E-state index in [1.807, 2.05) is 31.0 Å². The van der Waals surface area contributed by atoms with Crippen LogP contribution in [0.4, 0.5) is 0 Å². The molecule has 1 saturated heterocycles. The molecule has 1 aliphatic rings. The number of pyridine rings is 1. The number of halogens is 1. The van der Waals surface area contributed by atoms with Gasteiger partial charge in [-0.1, -0.05) is 50.6 Å². The molecule has 1 aromatic rings. The maximum atomic E-state index is 12.3. The van der Waals surface area contributed by atoms with Crippen LogP contribution in [0.5, 0.6) is 0 Å². The van der Waals surface area contributed by atoms with Gasteiger partial charge in [-0.15, -0.1) is 0 Å². The Kier molecular flexibility index (Phi) is 12.2. The van der Waals surface area contributed by atoms with E-state index in [-0.39, 0.29) is 5.91 Å². The number of nitrogens with two attached hydrogens (primary N) is 1. The van der Waals surface area contributed by atoms with Crippen LogP contribution in [0.3, 0.4) is 0 Å². The van der Waals surface area contributed by atoms with E-state index in [1.54, 1.807) is 35.5 Å². The van der Waals surface area contributed by atoms with E-state index in [0.29, 0.717) is 25.3 Å². The SMILES string of the molecule is C=C1CN(C(=O)/C=C/CN(C)CC)CCN1/C(=C\CCC)C(N)=O.Clc1ccncc1. The first kappa shape index (κ1) is 26.4. The monoisotopic (exact) mass is 447 g/mol. The summed E-state index contributed by atoms with van der Waals surface area (Å²) in [6, 6.07) is 3.48. The van der Waals surface area contributed by atoms with Crippen LogP contribution in [0.25, 0.3) is 0 Å². The van der Waals surface area contributed by atoms with Crippen molar-refractivity contribution in [3.05, 3.63) is 65.8 Å². The molecule has 7 nitrogen and oxygen atoms in total. The summed E-state index contributed by atoms with van der Waals surface area (Å²) in [5.74, 6) is -0.481. The van der Waals surface area contributed by atoms with Gasteiger partial charge in [-0.2, -0.15) is 0 Å². The van der Waals surface area contributed by atoms with Crippen molar-refractivity contribution in [1.29, 1.82) is 0 Å². The summed E-state index contributed by atoms with van der Waals surface area (Å²) < 4.78 is 0. The van der Waals surface area contributed by atoms with Gasteiger partial charge in [0, 0.05) is 48.8 Å². The quantitative estimate of drug-likeness (QED) is 0.619. The molecule has 2 amide bonds. The van der Waals surface area contributed by atoms with Gasteiger partial charge in [0.25, 0.3) is 5.91 Å². The van der Waals surface area contributed by atoms with Gasteiger partial charge in [0.1, 0.15) is 5.70 Å². The zero-order valence-corrected chi connectivity index (χ0v) is 19.5. The molecule has 0 bridgehead atoms. The molecule has 0 radical (unpaired) electrons. The third kappa shape index (κ3) is 9.81. The predicted molar refractivity (Wildman–Crippen MR) is 126 cm³/mol. The van der Waals surface area contributed by atoms with E-state index in [4.69, 9.17) is 17.3 Å². The minimum absolute atomic E-state index is 0.0292. The molecule has 8 heteroatoms. The van der Waals surface area contributed by atoms with Crippen molar-refractivity contribution >= 4 is 23.4 Å². The van der Waals surface area contributed by atoms with Gasteiger partial charge in [0.2, 0.25) is 5.91 Å². The van der Waals surface area contributed by atoms with Crippen molar-refractivity contribution in [1.82, 2.24) is 19.7 Å². The van der Waals surface area contributed by atoms with Crippen molar-refractivity contribution in [3.8, 4) is 0 Å². The number of nitrogens with zero attached hydrogens (tertiary/aromatic N) is 4. The van der Waals surface area contributed by atoms with Gasteiger partial charge < -0.3 is 20.4 Å². The number of allylic oxidation sites excluding steroid dienone is 1. The molecular weight excluding hydrogens is 414 g/mol. The normalized spacial score (nSPS) is 14.6. The van der Waals surface area contributed by atoms with Gasteiger partial charge in [-0.05, 0) is 32.1 Å². The molecule has 0 spiro atoms. The number of rotatable bonds is 8. The first-order valence-electron chi connectivity index (χ1n) is 10.4. The molecule has 2 rings (SSSR count). The summed E-state index contributed by atoms with van der Waals surface area (Å²) in [6.45, 7) is 11.3. The highest BCUT2D eigenvalue weighted by molar-refractivity contribution is 6.30. The zero-order valence-electron chi connectivity index (χ0n) is 18.8. The second-order valence-electron chi connectivity index (χ2n) is 7.14. The number of amides is 2. The van der Waals surface area contributed by atoms with Gasteiger partial charge in [-0.25, -0.2) is 0 Å². The fraction of sp³-hybridized carbons (Fsp3) is 0.435. The summed E-state index contributed by atoms with van der Waals surface area (Å²) in [7, 11) is 2.00. The number of unbranched alkanes of at least 4 members (excludes halogenated alkanes) is 1. The molecule has 0 atom stereocenters. The summed E-state index contributed by atoms with van der Waals surface area (Å²) >= 11 is 5.50. The Bertz CT molecular complexity index is 779. The largest absolute Gasteiger partial charge is 0.364 e. The minimum atomic E-state index is -0.452. The Hall–Kier alpha value is -2.64. The molecule has 2 heterocycles. The molecule has 2 N–H and O–H groups in total. The van der Waals surface area contributed by atoms with Crippen molar-refractivity contribution in [2.75, 3.05) is 39.8 Å².